The van der Waals surface area contributed by atoms with Gasteiger partial charge in [0.1, 0.15) is 0 Å². The van der Waals surface area contributed by atoms with Crippen LogP contribution in [0.15, 0.2) is 22.5 Å². The fourth-order valence-electron chi connectivity index (χ4n) is 2.42. The van der Waals surface area contributed by atoms with Crippen molar-refractivity contribution in [1.82, 2.24) is 10.2 Å². The van der Waals surface area contributed by atoms with Crippen LogP contribution in [0.5, 0.6) is 0 Å². The number of nitrogens with one attached hydrogen (secondary N) is 1. The maximum atomic E-state index is 12.2. The van der Waals surface area contributed by atoms with Gasteiger partial charge in [-0.1, -0.05) is 35.2 Å². The maximum Gasteiger partial charge on any atom is 0.234 e. The van der Waals surface area contributed by atoms with Gasteiger partial charge >= 0.3 is 0 Å². The minimum atomic E-state index is -0.0823. The van der Waals surface area contributed by atoms with Gasteiger partial charge in [0.05, 0.1) is 5.75 Å². The molecule has 25 heavy (non-hydrogen) atoms. The SMILES string of the molecule is CC(=O)N(c1nnc(SCC(=O)Nc2cc(C)ccc2C)s1)C1CC1. The number of aromatic nitrogens is 2. The number of rotatable bonds is 6. The van der Waals surface area contributed by atoms with E-state index in [4.69, 9.17) is 0 Å². The van der Waals surface area contributed by atoms with Crippen LogP contribution in [0.4, 0.5) is 10.8 Å². The molecule has 0 bridgehead atoms. The zero-order valence-corrected chi connectivity index (χ0v) is 16.0. The lowest BCUT2D eigenvalue weighted by molar-refractivity contribution is -0.116. The predicted octanol–water partition coefficient (Wildman–Crippen LogP) is 3.40. The Bertz CT molecular complexity index is 802. The summed E-state index contributed by atoms with van der Waals surface area (Å²) in [7, 11) is 0. The predicted molar refractivity (Wildman–Crippen MR) is 101 cm³/mol. The molecule has 3 rings (SSSR count). The third-order valence-electron chi connectivity index (χ3n) is 3.85. The Balaban J connectivity index is 1.57. The molecule has 1 aliphatic rings. The van der Waals surface area contributed by atoms with Gasteiger partial charge in [0, 0.05) is 18.7 Å². The third kappa shape index (κ3) is 4.58. The van der Waals surface area contributed by atoms with Gasteiger partial charge in [-0.25, -0.2) is 0 Å². The Kier molecular flexibility index (Phi) is 5.39. The van der Waals surface area contributed by atoms with Crippen molar-refractivity contribution in [2.24, 2.45) is 0 Å². The van der Waals surface area contributed by atoms with Gasteiger partial charge in [-0.2, -0.15) is 0 Å². The van der Waals surface area contributed by atoms with E-state index < -0.39 is 0 Å². The van der Waals surface area contributed by atoms with E-state index in [1.807, 2.05) is 32.0 Å². The van der Waals surface area contributed by atoms with Crippen molar-refractivity contribution in [3.05, 3.63) is 29.3 Å². The van der Waals surface area contributed by atoms with Crippen LogP contribution in [-0.4, -0.2) is 33.8 Å². The van der Waals surface area contributed by atoms with Crippen LogP contribution in [0, 0.1) is 13.8 Å². The van der Waals surface area contributed by atoms with E-state index in [0.717, 1.165) is 29.7 Å². The highest BCUT2D eigenvalue weighted by Gasteiger charge is 2.34. The van der Waals surface area contributed by atoms with E-state index in [0.29, 0.717) is 9.47 Å². The van der Waals surface area contributed by atoms with Crippen LogP contribution in [0.2, 0.25) is 0 Å². The van der Waals surface area contributed by atoms with E-state index in [2.05, 4.69) is 15.5 Å². The summed E-state index contributed by atoms with van der Waals surface area (Å²) in [6.07, 6.45) is 2.03. The van der Waals surface area contributed by atoms with Gasteiger partial charge in [-0.05, 0) is 43.9 Å². The molecule has 1 aromatic heterocycles. The van der Waals surface area contributed by atoms with E-state index in [-0.39, 0.29) is 23.6 Å². The van der Waals surface area contributed by atoms with Gasteiger partial charge in [-0.3, -0.25) is 14.5 Å². The van der Waals surface area contributed by atoms with E-state index in [1.165, 1.54) is 23.1 Å². The summed E-state index contributed by atoms with van der Waals surface area (Å²) in [4.78, 5) is 25.6. The highest BCUT2D eigenvalue weighted by Crippen LogP contribution is 2.35. The van der Waals surface area contributed by atoms with Crippen LogP contribution in [-0.2, 0) is 9.59 Å². The third-order valence-corrected chi connectivity index (χ3v) is 5.90. The molecule has 0 aliphatic heterocycles. The minimum Gasteiger partial charge on any atom is -0.325 e. The lowest BCUT2D eigenvalue weighted by atomic mass is 10.1. The Morgan fingerprint density at radius 3 is 2.76 bits per heavy atom. The molecule has 8 heteroatoms. The van der Waals surface area contributed by atoms with Crippen molar-refractivity contribution in [2.75, 3.05) is 16.0 Å². The standard InChI is InChI=1S/C17H20N4O2S2/c1-10-4-5-11(2)14(8-10)18-15(23)9-24-17-20-19-16(25-17)21(12(3)22)13-6-7-13/h4-5,8,13H,6-7,9H2,1-3H3,(H,18,23). The summed E-state index contributed by atoms with van der Waals surface area (Å²) in [5, 5.41) is 11.8. The van der Waals surface area contributed by atoms with Gasteiger partial charge in [-0.15, -0.1) is 10.2 Å². The summed E-state index contributed by atoms with van der Waals surface area (Å²) in [5.74, 6) is 0.162. The molecule has 1 fully saturated rings. The van der Waals surface area contributed by atoms with Crippen molar-refractivity contribution in [2.45, 2.75) is 44.0 Å². The van der Waals surface area contributed by atoms with Crippen LogP contribution >= 0.6 is 23.1 Å². The second-order valence-corrected chi connectivity index (χ2v) is 8.30. The summed E-state index contributed by atoms with van der Waals surface area (Å²) in [6.45, 7) is 5.50. The molecule has 0 saturated heterocycles. The molecule has 1 aliphatic carbocycles. The van der Waals surface area contributed by atoms with Crippen LogP contribution < -0.4 is 10.2 Å². The molecule has 0 atom stereocenters. The minimum absolute atomic E-state index is 0.0112. The Morgan fingerprint density at radius 1 is 1.32 bits per heavy atom. The van der Waals surface area contributed by atoms with Gasteiger partial charge < -0.3 is 5.32 Å². The number of nitrogens with zero attached hydrogens (tertiary/aromatic N) is 3. The smallest absolute Gasteiger partial charge is 0.234 e. The molecule has 1 heterocycles. The van der Waals surface area contributed by atoms with E-state index >= 15 is 0 Å². The van der Waals surface area contributed by atoms with Crippen LogP contribution in [0.1, 0.15) is 30.9 Å². The van der Waals surface area contributed by atoms with Crippen LogP contribution in [0.25, 0.3) is 0 Å². The second-order valence-electron chi connectivity index (χ2n) is 6.13. The van der Waals surface area contributed by atoms with E-state index in [9.17, 15) is 9.59 Å². The number of benzene rings is 1. The number of anilines is 2. The Hall–Kier alpha value is -1.93. The number of carbonyl (C=O) groups is 2. The highest BCUT2D eigenvalue weighted by atomic mass is 32.2. The topological polar surface area (TPSA) is 75.2 Å². The number of amides is 2. The second kappa shape index (κ2) is 7.53. The van der Waals surface area contributed by atoms with Crippen LogP contribution in [0.3, 0.4) is 0 Å². The largest absolute Gasteiger partial charge is 0.325 e. The number of hydrogen-bond acceptors (Lipinski definition) is 6. The molecule has 132 valence electrons. The molecule has 0 radical (unpaired) electrons. The monoisotopic (exact) mass is 376 g/mol. The van der Waals surface area contributed by atoms with Gasteiger partial charge in [0.25, 0.3) is 0 Å². The first-order valence-electron chi connectivity index (χ1n) is 8.07. The first-order chi connectivity index (χ1) is 11.9. The fraction of sp³-hybridized carbons (Fsp3) is 0.412. The first kappa shape index (κ1) is 17.9. The molecule has 2 aromatic rings. The average Bonchev–Trinajstić information content (AvgIpc) is 3.26. The average molecular weight is 377 g/mol. The Morgan fingerprint density at radius 2 is 2.08 bits per heavy atom. The van der Waals surface area contributed by atoms with Crippen molar-refractivity contribution < 1.29 is 9.59 Å². The first-order valence-corrected chi connectivity index (χ1v) is 9.87. The Labute approximate surface area is 155 Å². The molecule has 1 aromatic carbocycles. The number of carbonyl (C=O) groups excluding carboxylic acids is 2. The molecule has 1 saturated carbocycles. The van der Waals surface area contributed by atoms with Crippen molar-refractivity contribution >= 4 is 45.7 Å². The summed E-state index contributed by atoms with van der Waals surface area (Å²) < 4.78 is 0.693. The quantitative estimate of drug-likeness (QED) is 0.618. The van der Waals surface area contributed by atoms with Crippen molar-refractivity contribution in [3.8, 4) is 0 Å². The molecule has 1 N–H and O–H groups in total. The molecule has 0 unspecified atom stereocenters. The summed E-state index contributed by atoms with van der Waals surface area (Å²) in [5.41, 5.74) is 2.97. The number of thioether (sulfide) groups is 1. The van der Waals surface area contributed by atoms with Crippen molar-refractivity contribution in [1.29, 1.82) is 0 Å². The van der Waals surface area contributed by atoms with E-state index in [1.54, 1.807) is 11.8 Å². The van der Waals surface area contributed by atoms with Gasteiger partial charge in [0.15, 0.2) is 4.34 Å². The molecular weight excluding hydrogens is 356 g/mol. The summed E-state index contributed by atoms with van der Waals surface area (Å²) in [6, 6.07) is 6.23. The highest BCUT2D eigenvalue weighted by molar-refractivity contribution is 8.01. The molecule has 6 nitrogen and oxygen atoms in total. The van der Waals surface area contributed by atoms with Gasteiger partial charge in [0.2, 0.25) is 16.9 Å². The zero-order chi connectivity index (χ0) is 18.0. The normalized spacial score (nSPS) is 13.6. The lowest BCUT2D eigenvalue weighted by Gasteiger charge is -2.15. The van der Waals surface area contributed by atoms with Crippen molar-refractivity contribution in [3.63, 3.8) is 0 Å². The fourth-order valence-corrected chi connectivity index (χ4v) is 4.18. The molecular formula is C17H20N4O2S2. The summed E-state index contributed by atoms with van der Waals surface area (Å²) >= 11 is 2.69. The maximum absolute atomic E-state index is 12.2. The molecule has 2 amide bonds. The number of hydrogen-bond donors (Lipinski definition) is 1. The lowest BCUT2D eigenvalue weighted by Crippen LogP contribution is -2.30. The zero-order valence-electron chi connectivity index (χ0n) is 14.4. The number of aryl methyl sites for hydroxylation is 2. The molecule has 0 spiro atoms.